The SMILES string of the molecule is C=CCn1c(COc2ccc(CC)cc2)nnc1SCc1cccc(C(F)(F)F)c1. The molecule has 0 aliphatic carbocycles. The van der Waals surface area contributed by atoms with Crippen LogP contribution >= 0.6 is 11.8 Å². The Morgan fingerprint density at radius 2 is 1.87 bits per heavy atom. The summed E-state index contributed by atoms with van der Waals surface area (Å²) in [5.74, 6) is 1.71. The number of nitrogens with zero attached hydrogens (tertiary/aromatic N) is 3. The lowest BCUT2D eigenvalue weighted by Crippen LogP contribution is -2.07. The number of ether oxygens (including phenoxy) is 1. The van der Waals surface area contributed by atoms with Crippen molar-refractivity contribution in [3.05, 3.63) is 83.7 Å². The van der Waals surface area contributed by atoms with Gasteiger partial charge in [-0.25, -0.2) is 0 Å². The zero-order valence-corrected chi connectivity index (χ0v) is 17.3. The Balaban J connectivity index is 1.68. The number of benzene rings is 2. The Morgan fingerprint density at radius 1 is 1.10 bits per heavy atom. The number of thioether (sulfide) groups is 1. The summed E-state index contributed by atoms with van der Waals surface area (Å²) in [5, 5.41) is 8.98. The standard InChI is InChI=1S/C22H22F3N3OS/c1-3-12-28-20(14-29-19-10-8-16(4-2)9-11-19)26-27-21(28)30-15-17-6-5-7-18(13-17)22(23,24)25/h3,5-11,13H,1,4,12,14-15H2,2H3. The second-order valence-corrected chi connectivity index (χ2v) is 7.51. The highest BCUT2D eigenvalue weighted by molar-refractivity contribution is 7.98. The molecule has 0 saturated heterocycles. The van der Waals surface area contributed by atoms with Crippen molar-refractivity contribution in [2.75, 3.05) is 0 Å². The second-order valence-electron chi connectivity index (χ2n) is 6.57. The number of allylic oxidation sites excluding steroid dienone is 1. The summed E-state index contributed by atoms with van der Waals surface area (Å²) in [6.45, 7) is 6.56. The summed E-state index contributed by atoms with van der Waals surface area (Å²) < 4.78 is 46.4. The third-order valence-corrected chi connectivity index (χ3v) is 5.46. The predicted molar refractivity (Wildman–Crippen MR) is 111 cm³/mol. The van der Waals surface area contributed by atoms with Crippen LogP contribution in [0.4, 0.5) is 13.2 Å². The number of halogens is 3. The molecule has 158 valence electrons. The molecule has 2 aromatic carbocycles. The molecule has 0 spiro atoms. The lowest BCUT2D eigenvalue weighted by molar-refractivity contribution is -0.137. The number of rotatable bonds is 9. The number of hydrogen-bond donors (Lipinski definition) is 0. The molecule has 8 heteroatoms. The van der Waals surface area contributed by atoms with Gasteiger partial charge in [0.25, 0.3) is 0 Å². The zero-order valence-electron chi connectivity index (χ0n) is 16.5. The van der Waals surface area contributed by atoms with Crippen LogP contribution in [0.25, 0.3) is 0 Å². The van der Waals surface area contributed by atoms with Crippen LogP contribution in [0.1, 0.15) is 29.4 Å². The van der Waals surface area contributed by atoms with Gasteiger partial charge in [-0.2, -0.15) is 13.2 Å². The first-order valence-corrected chi connectivity index (χ1v) is 10.4. The average Bonchev–Trinajstić information content (AvgIpc) is 3.12. The van der Waals surface area contributed by atoms with Crippen LogP contribution in [0, 0.1) is 0 Å². The zero-order chi connectivity index (χ0) is 21.6. The van der Waals surface area contributed by atoms with Crippen molar-refractivity contribution in [2.24, 2.45) is 0 Å². The molecule has 0 radical (unpaired) electrons. The fraction of sp³-hybridized carbons (Fsp3) is 0.273. The van der Waals surface area contributed by atoms with Gasteiger partial charge in [0.05, 0.1) is 5.56 Å². The molecule has 0 unspecified atom stereocenters. The molecule has 0 saturated carbocycles. The number of hydrogen-bond acceptors (Lipinski definition) is 4. The van der Waals surface area contributed by atoms with Crippen molar-refractivity contribution in [1.82, 2.24) is 14.8 Å². The van der Waals surface area contributed by atoms with Gasteiger partial charge in [-0.15, -0.1) is 16.8 Å². The molecule has 0 fully saturated rings. The molecule has 0 atom stereocenters. The van der Waals surface area contributed by atoms with E-state index in [-0.39, 0.29) is 6.61 Å². The van der Waals surface area contributed by atoms with Gasteiger partial charge in [0.1, 0.15) is 12.4 Å². The Hall–Kier alpha value is -2.74. The maximum atomic E-state index is 12.9. The molecule has 3 rings (SSSR count). The summed E-state index contributed by atoms with van der Waals surface area (Å²) in [7, 11) is 0. The first-order valence-electron chi connectivity index (χ1n) is 9.44. The van der Waals surface area contributed by atoms with E-state index in [0.29, 0.717) is 28.8 Å². The van der Waals surface area contributed by atoms with Crippen LogP contribution in [-0.4, -0.2) is 14.8 Å². The summed E-state index contributed by atoms with van der Waals surface area (Å²) in [4.78, 5) is 0. The fourth-order valence-electron chi connectivity index (χ4n) is 2.80. The number of aromatic nitrogens is 3. The molecule has 0 bridgehead atoms. The molecule has 0 aliphatic heterocycles. The van der Waals surface area contributed by atoms with Crippen molar-refractivity contribution in [3.8, 4) is 5.75 Å². The molecule has 30 heavy (non-hydrogen) atoms. The number of alkyl halides is 3. The summed E-state index contributed by atoms with van der Waals surface area (Å²) >= 11 is 1.33. The lowest BCUT2D eigenvalue weighted by Gasteiger charge is -2.10. The fourth-order valence-corrected chi connectivity index (χ4v) is 3.71. The molecule has 0 amide bonds. The smallest absolute Gasteiger partial charge is 0.416 e. The minimum absolute atomic E-state index is 0.233. The molecule has 1 heterocycles. The van der Waals surface area contributed by atoms with Crippen molar-refractivity contribution < 1.29 is 17.9 Å². The predicted octanol–water partition coefficient (Wildman–Crippen LogP) is 5.92. The monoisotopic (exact) mass is 433 g/mol. The van der Waals surface area contributed by atoms with E-state index in [1.165, 1.54) is 23.4 Å². The Morgan fingerprint density at radius 3 is 2.53 bits per heavy atom. The van der Waals surface area contributed by atoms with Gasteiger partial charge in [-0.05, 0) is 35.7 Å². The maximum Gasteiger partial charge on any atom is 0.416 e. The third-order valence-electron chi connectivity index (χ3n) is 4.43. The van der Waals surface area contributed by atoms with Crippen molar-refractivity contribution in [3.63, 3.8) is 0 Å². The Bertz CT molecular complexity index is 984. The summed E-state index contributed by atoms with van der Waals surface area (Å²) in [6.07, 6.45) is -1.68. The molecular formula is C22H22F3N3OS. The van der Waals surface area contributed by atoms with Crippen LogP contribution < -0.4 is 4.74 Å². The van der Waals surface area contributed by atoms with Crippen molar-refractivity contribution >= 4 is 11.8 Å². The lowest BCUT2D eigenvalue weighted by atomic mass is 10.1. The third kappa shape index (κ3) is 5.66. The largest absolute Gasteiger partial charge is 0.486 e. The van der Waals surface area contributed by atoms with E-state index in [2.05, 4.69) is 23.7 Å². The molecule has 4 nitrogen and oxygen atoms in total. The Labute approximate surface area is 177 Å². The topological polar surface area (TPSA) is 39.9 Å². The quantitative estimate of drug-likeness (QED) is 0.310. The van der Waals surface area contributed by atoms with Crippen LogP contribution in [0.2, 0.25) is 0 Å². The van der Waals surface area contributed by atoms with Crippen molar-refractivity contribution in [2.45, 2.75) is 43.6 Å². The maximum absolute atomic E-state index is 12.9. The van der Waals surface area contributed by atoms with Gasteiger partial charge < -0.3 is 4.74 Å². The molecule has 0 aliphatic rings. The van der Waals surface area contributed by atoms with Crippen molar-refractivity contribution in [1.29, 1.82) is 0 Å². The van der Waals surface area contributed by atoms with Gasteiger partial charge in [0, 0.05) is 12.3 Å². The highest BCUT2D eigenvalue weighted by Gasteiger charge is 2.30. The average molecular weight is 433 g/mol. The minimum Gasteiger partial charge on any atom is -0.486 e. The van der Waals surface area contributed by atoms with E-state index >= 15 is 0 Å². The molecule has 0 N–H and O–H groups in total. The van der Waals surface area contributed by atoms with E-state index in [9.17, 15) is 13.2 Å². The first kappa shape index (κ1) is 22.0. The first-order chi connectivity index (χ1) is 14.4. The summed E-state index contributed by atoms with van der Waals surface area (Å²) in [5.41, 5.74) is 1.14. The van der Waals surface area contributed by atoms with E-state index in [4.69, 9.17) is 4.74 Å². The van der Waals surface area contributed by atoms with Crippen LogP contribution in [-0.2, 0) is 31.5 Å². The van der Waals surface area contributed by atoms with Gasteiger partial charge in [0.15, 0.2) is 11.0 Å². The highest BCUT2D eigenvalue weighted by Crippen LogP contribution is 2.31. The van der Waals surface area contributed by atoms with Gasteiger partial charge >= 0.3 is 6.18 Å². The minimum atomic E-state index is -4.36. The van der Waals surface area contributed by atoms with E-state index < -0.39 is 11.7 Å². The van der Waals surface area contributed by atoms with Gasteiger partial charge in [0.2, 0.25) is 0 Å². The second kappa shape index (κ2) is 9.84. The van der Waals surface area contributed by atoms with Gasteiger partial charge in [-0.3, -0.25) is 4.57 Å². The van der Waals surface area contributed by atoms with Crippen LogP contribution in [0.3, 0.4) is 0 Å². The van der Waals surface area contributed by atoms with Crippen LogP contribution in [0.15, 0.2) is 66.3 Å². The molecule has 1 aromatic heterocycles. The Kier molecular flexibility index (Phi) is 7.20. The van der Waals surface area contributed by atoms with Gasteiger partial charge in [-0.1, -0.05) is 55.1 Å². The normalized spacial score (nSPS) is 11.5. The summed E-state index contributed by atoms with van der Waals surface area (Å²) in [6, 6.07) is 13.2. The molecular weight excluding hydrogens is 411 g/mol. The van der Waals surface area contributed by atoms with Crippen LogP contribution in [0.5, 0.6) is 5.75 Å². The van der Waals surface area contributed by atoms with E-state index in [1.54, 1.807) is 12.1 Å². The molecule has 3 aromatic rings. The number of aryl methyl sites for hydroxylation is 1. The highest BCUT2D eigenvalue weighted by atomic mass is 32.2. The van der Waals surface area contributed by atoms with E-state index in [0.717, 1.165) is 24.3 Å². The van der Waals surface area contributed by atoms with E-state index in [1.807, 2.05) is 28.8 Å².